The number of hydrogen-bond acceptors (Lipinski definition) is 6. The van der Waals surface area contributed by atoms with Crippen molar-refractivity contribution in [2.24, 2.45) is 0 Å². The van der Waals surface area contributed by atoms with Crippen LogP contribution in [0.4, 0.5) is 0 Å². The highest BCUT2D eigenvalue weighted by Gasteiger charge is 2.20. The van der Waals surface area contributed by atoms with Crippen molar-refractivity contribution >= 4 is 34.3 Å². The lowest BCUT2D eigenvalue weighted by atomic mass is 10.0. The zero-order valence-corrected chi connectivity index (χ0v) is 21.4. The van der Waals surface area contributed by atoms with Crippen LogP contribution in [0.3, 0.4) is 0 Å². The van der Waals surface area contributed by atoms with Crippen LogP contribution in [0.1, 0.15) is 34.4 Å². The van der Waals surface area contributed by atoms with E-state index in [4.69, 9.17) is 8.83 Å². The predicted octanol–water partition coefficient (Wildman–Crippen LogP) is 5.51. The summed E-state index contributed by atoms with van der Waals surface area (Å²) in [6.07, 6.45) is 5.76. The number of benzene rings is 2. The van der Waals surface area contributed by atoms with E-state index < -0.39 is 0 Å². The molecule has 1 aliphatic carbocycles. The van der Waals surface area contributed by atoms with Crippen LogP contribution < -0.4 is 10.9 Å². The standard InChI is InChI=1S/C30H28N2O4.ClH/c1-18-30-24(22(15-31-18)16-32-23(17-33)10-19-6-3-2-4-7-19)13-28(36-30)26-14-29(34)35-27-12-21-9-5-8-20(21)11-25(26)27;/h2-4,6-7,11-15,23,32-33H,5,8-10,16-17H2,1H3;1H. The van der Waals surface area contributed by atoms with Gasteiger partial charge in [-0.1, -0.05) is 30.3 Å². The average molecular weight is 517 g/mol. The number of hydrogen-bond donors (Lipinski definition) is 2. The van der Waals surface area contributed by atoms with E-state index >= 15 is 0 Å². The van der Waals surface area contributed by atoms with E-state index in [1.54, 1.807) is 0 Å². The largest absolute Gasteiger partial charge is 0.454 e. The molecule has 3 heterocycles. The molecule has 0 saturated carbocycles. The summed E-state index contributed by atoms with van der Waals surface area (Å²) in [5.74, 6) is 0.626. The van der Waals surface area contributed by atoms with E-state index in [1.807, 2.05) is 43.5 Å². The van der Waals surface area contributed by atoms with Crippen molar-refractivity contribution in [3.8, 4) is 11.3 Å². The number of aliphatic hydroxyl groups is 1. The lowest BCUT2D eigenvalue weighted by Crippen LogP contribution is -2.34. The second-order valence-electron chi connectivity index (χ2n) is 9.62. The van der Waals surface area contributed by atoms with Crippen molar-refractivity contribution in [3.63, 3.8) is 0 Å². The lowest BCUT2D eigenvalue weighted by molar-refractivity contribution is 0.241. The van der Waals surface area contributed by atoms with Crippen molar-refractivity contribution in [2.75, 3.05) is 6.61 Å². The van der Waals surface area contributed by atoms with Gasteiger partial charge < -0.3 is 19.3 Å². The minimum atomic E-state index is -0.390. The van der Waals surface area contributed by atoms with Crippen LogP contribution in [-0.4, -0.2) is 22.7 Å². The number of aliphatic hydroxyl groups excluding tert-OH is 1. The van der Waals surface area contributed by atoms with Gasteiger partial charge in [-0.3, -0.25) is 4.98 Å². The molecule has 2 N–H and O–H groups in total. The molecule has 0 aliphatic heterocycles. The second-order valence-corrected chi connectivity index (χ2v) is 9.62. The minimum Gasteiger partial charge on any atom is -0.454 e. The summed E-state index contributed by atoms with van der Waals surface area (Å²) in [6.45, 7) is 2.49. The van der Waals surface area contributed by atoms with Gasteiger partial charge in [-0.15, -0.1) is 12.4 Å². The molecule has 0 saturated heterocycles. The Kier molecular flexibility index (Phi) is 7.15. The lowest BCUT2D eigenvalue weighted by Gasteiger charge is -2.16. The molecule has 190 valence electrons. The van der Waals surface area contributed by atoms with Crippen LogP contribution in [0.25, 0.3) is 33.3 Å². The van der Waals surface area contributed by atoms with Crippen molar-refractivity contribution in [3.05, 3.63) is 99.2 Å². The second kappa shape index (κ2) is 10.5. The van der Waals surface area contributed by atoms with Crippen molar-refractivity contribution in [1.29, 1.82) is 0 Å². The number of aromatic nitrogens is 1. The first-order chi connectivity index (χ1) is 17.6. The summed E-state index contributed by atoms with van der Waals surface area (Å²) >= 11 is 0. The van der Waals surface area contributed by atoms with Gasteiger partial charge in [0.2, 0.25) is 0 Å². The van der Waals surface area contributed by atoms with Gasteiger partial charge in [-0.2, -0.15) is 0 Å². The summed E-state index contributed by atoms with van der Waals surface area (Å²) in [6, 6.07) is 17.7. The van der Waals surface area contributed by atoms with Crippen molar-refractivity contribution < 1.29 is 13.9 Å². The monoisotopic (exact) mass is 516 g/mol. The van der Waals surface area contributed by atoms with Gasteiger partial charge in [0.1, 0.15) is 11.3 Å². The molecule has 1 atom stereocenters. The molecule has 5 aromatic rings. The highest BCUT2D eigenvalue weighted by atomic mass is 35.5. The molecular formula is C30H29ClN2O4. The topological polar surface area (TPSA) is 88.5 Å². The van der Waals surface area contributed by atoms with E-state index in [9.17, 15) is 9.90 Å². The molecule has 3 aromatic heterocycles. The molecule has 0 fully saturated rings. The summed E-state index contributed by atoms with van der Waals surface area (Å²) in [4.78, 5) is 17.0. The van der Waals surface area contributed by atoms with Crippen LogP contribution in [-0.2, 0) is 25.8 Å². The summed E-state index contributed by atoms with van der Waals surface area (Å²) in [5, 5.41) is 15.2. The Labute approximate surface area is 220 Å². The van der Waals surface area contributed by atoms with Crippen LogP contribution in [0, 0.1) is 6.92 Å². The minimum absolute atomic E-state index is 0. The summed E-state index contributed by atoms with van der Waals surface area (Å²) in [7, 11) is 0. The Balaban J connectivity index is 0.00000280. The average Bonchev–Trinajstić information content (AvgIpc) is 3.54. The van der Waals surface area contributed by atoms with E-state index in [-0.39, 0.29) is 30.7 Å². The zero-order chi connectivity index (χ0) is 24.6. The Hall–Kier alpha value is -3.45. The van der Waals surface area contributed by atoms with Gasteiger partial charge in [-0.05, 0) is 73.1 Å². The van der Waals surface area contributed by atoms with E-state index in [2.05, 4.69) is 28.5 Å². The number of rotatable bonds is 7. The Bertz CT molecular complexity index is 1620. The number of nitrogens with one attached hydrogen (secondary N) is 1. The molecule has 6 nitrogen and oxygen atoms in total. The van der Waals surface area contributed by atoms with Crippen molar-refractivity contribution in [1.82, 2.24) is 10.3 Å². The third kappa shape index (κ3) is 4.92. The maximum Gasteiger partial charge on any atom is 0.336 e. The van der Waals surface area contributed by atoms with Gasteiger partial charge >= 0.3 is 5.63 Å². The number of nitrogens with zero attached hydrogens (tertiary/aromatic N) is 1. The Morgan fingerprint density at radius 1 is 1.03 bits per heavy atom. The maximum absolute atomic E-state index is 12.4. The van der Waals surface area contributed by atoms with Gasteiger partial charge in [0.25, 0.3) is 0 Å². The van der Waals surface area contributed by atoms with Crippen LogP contribution in [0.2, 0.25) is 0 Å². The SMILES string of the molecule is Cc1ncc(CNC(CO)Cc2ccccc2)c2cc(-c3cc(=O)oc4cc5c(cc34)CCC5)oc12.Cl. The zero-order valence-electron chi connectivity index (χ0n) is 20.6. The third-order valence-corrected chi connectivity index (χ3v) is 7.17. The fourth-order valence-corrected chi connectivity index (χ4v) is 5.26. The van der Waals surface area contributed by atoms with Gasteiger partial charge in [0.05, 0.1) is 12.3 Å². The summed E-state index contributed by atoms with van der Waals surface area (Å²) in [5.41, 5.74) is 7.16. The van der Waals surface area contributed by atoms with Crippen molar-refractivity contribution in [2.45, 2.75) is 45.2 Å². The molecule has 7 heteroatoms. The van der Waals surface area contributed by atoms with Crippen LogP contribution in [0.15, 0.2) is 74.4 Å². The molecule has 0 spiro atoms. The molecule has 0 amide bonds. The smallest absolute Gasteiger partial charge is 0.336 e. The maximum atomic E-state index is 12.4. The molecule has 0 radical (unpaired) electrons. The number of furan rings is 1. The molecule has 37 heavy (non-hydrogen) atoms. The highest BCUT2D eigenvalue weighted by Crippen LogP contribution is 2.36. The first-order valence-corrected chi connectivity index (χ1v) is 12.5. The molecule has 6 rings (SSSR count). The predicted molar refractivity (Wildman–Crippen MR) is 147 cm³/mol. The quantitative estimate of drug-likeness (QED) is 0.277. The number of pyridine rings is 1. The van der Waals surface area contributed by atoms with E-state index in [0.29, 0.717) is 23.5 Å². The third-order valence-electron chi connectivity index (χ3n) is 7.17. The van der Waals surface area contributed by atoms with Gasteiger partial charge in [-0.25, -0.2) is 4.79 Å². The Morgan fingerprint density at radius 2 is 1.81 bits per heavy atom. The first kappa shape index (κ1) is 25.2. The fraction of sp³-hybridized carbons (Fsp3) is 0.267. The molecular weight excluding hydrogens is 488 g/mol. The normalized spacial score (nSPS) is 13.6. The molecule has 1 aliphatic rings. The van der Waals surface area contributed by atoms with Crippen LogP contribution >= 0.6 is 12.4 Å². The number of halogens is 1. The highest BCUT2D eigenvalue weighted by molar-refractivity contribution is 5.96. The molecule has 1 unspecified atom stereocenters. The summed E-state index contributed by atoms with van der Waals surface area (Å²) < 4.78 is 11.9. The van der Waals surface area contributed by atoms with E-state index in [0.717, 1.165) is 53.3 Å². The van der Waals surface area contributed by atoms with Crippen LogP contribution in [0.5, 0.6) is 0 Å². The molecule has 0 bridgehead atoms. The Morgan fingerprint density at radius 3 is 2.59 bits per heavy atom. The number of aryl methyl sites for hydroxylation is 3. The molecule has 2 aromatic carbocycles. The first-order valence-electron chi connectivity index (χ1n) is 12.5. The van der Waals surface area contributed by atoms with Gasteiger partial charge in [0, 0.05) is 41.2 Å². The van der Waals surface area contributed by atoms with E-state index in [1.165, 1.54) is 22.8 Å². The van der Waals surface area contributed by atoms with Gasteiger partial charge in [0.15, 0.2) is 5.58 Å². The number of fused-ring (bicyclic) bond motifs is 3. The fourth-order valence-electron chi connectivity index (χ4n) is 5.26.